The summed E-state index contributed by atoms with van der Waals surface area (Å²) < 4.78 is 7.05. The minimum Gasteiger partial charge on any atom is -0.380 e. The minimum atomic E-state index is -0.422. The number of carbonyl (C=O) groups excluding carboxylic acids is 1. The average Bonchev–Trinajstić information content (AvgIpc) is 2.75. The highest BCUT2D eigenvalue weighted by Crippen LogP contribution is 2.14. The van der Waals surface area contributed by atoms with Crippen LogP contribution in [-0.2, 0) is 4.18 Å². The van der Waals surface area contributed by atoms with Gasteiger partial charge in [-0.2, -0.15) is 5.10 Å². The first-order chi connectivity index (χ1) is 9.08. The molecule has 0 N–H and O–H groups in total. The number of thiocarbonyl (C=S) groups is 1. The van der Waals surface area contributed by atoms with Crippen LogP contribution in [0.3, 0.4) is 0 Å². The third kappa shape index (κ3) is 3.42. The lowest BCUT2D eigenvalue weighted by Crippen LogP contribution is -2.11. The number of hydrogen-bond donors (Lipinski definition) is 0. The predicted molar refractivity (Wildman–Crippen MR) is 79.1 cm³/mol. The molecule has 98 valence electrons. The highest BCUT2D eigenvalue weighted by Gasteiger charge is 2.12. The maximum Gasteiger partial charge on any atom is 0.350 e. The van der Waals surface area contributed by atoms with Gasteiger partial charge in [-0.05, 0) is 44.3 Å². The molecule has 0 aliphatic carbocycles. The Kier molecular flexibility index (Phi) is 4.34. The summed E-state index contributed by atoms with van der Waals surface area (Å²) in [7, 11) is 0. The van der Waals surface area contributed by atoms with E-state index in [4.69, 9.17) is 16.4 Å². The second-order valence-corrected chi connectivity index (χ2v) is 5.29. The Morgan fingerprint density at radius 3 is 2.58 bits per heavy atom. The van der Waals surface area contributed by atoms with Gasteiger partial charge in [-0.25, -0.2) is 9.48 Å². The molecule has 1 heterocycles. The van der Waals surface area contributed by atoms with Crippen LogP contribution in [0.4, 0.5) is 0 Å². The van der Waals surface area contributed by atoms with E-state index in [1.807, 2.05) is 26.0 Å². The average molecular weight is 292 g/mol. The van der Waals surface area contributed by atoms with E-state index >= 15 is 0 Å². The molecule has 2 aromatic rings. The van der Waals surface area contributed by atoms with E-state index in [1.165, 1.54) is 0 Å². The van der Waals surface area contributed by atoms with Crippen molar-refractivity contribution < 1.29 is 8.98 Å². The number of rotatable bonds is 1. The fourth-order valence-corrected chi connectivity index (χ4v) is 2.33. The fraction of sp³-hybridized carbons (Fsp3) is 0.154. The van der Waals surface area contributed by atoms with Crippen LogP contribution in [0.15, 0.2) is 36.4 Å². The summed E-state index contributed by atoms with van der Waals surface area (Å²) in [5, 5.41) is 4.22. The Labute approximate surface area is 121 Å². The van der Waals surface area contributed by atoms with Crippen LogP contribution in [0.2, 0.25) is 0 Å². The molecular formula is C13H12N2O2S2. The third-order valence-electron chi connectivity index (χ3n) is 2.38. The molecule has 0 aliphatic rings. The van der Waals surface area contributed by atoms with E-state index in [2.05, 4.69) is 5.10 Å². The van der Waals surface area contributed by atoms with E-state index in [1.54, 1.807) is 28.9 Å². The van der Waals surface area contributed by atoms with E-state index in [-0.39, 0.29) is 0 Å². The van der Waals surface area contributed by atoms with Crippen molar-refractivity contribution in [1.29, 1.82) is 0 Å². The summed E-state index contributed by atoms with van der Waals surface area (Å²) in [6.45, 7) is 3.78. The zero-order valence-corrected chi connectivity index (χ0v) is 12.1. The van der Waals surface area contributed by atoms with Gasteiger partial charge in [0.2, 0.25) is 4.32 Å². The highest BCUT2D eigenvalue weighted by molar-refractivity contribution is 8.20. The lowest BCUT2D eigenvalue weighted by Gasteiger charge is -2.05. The number of carbonyl (C=O) groups is 1. The standard InChI is InChI=1S/C13H12N2O2S2/c1-9-8-10(2)15(14-9)13(18)19-17-12(16)11-6-4-3-5-7-11/h3-8H,1-2H3. The summed E-state index contributed by atoms with van der Waals surface area (Å²) in [5.41, 5.74) is 2.27. The number of aryl methyl sites for hydroxylation is 2. The lowest BCUT2D eigenvalue weighted by molar-refractivity contribution is 0.0770. The molecule has 1 aromatic carbocycles. The minimum absolute atomic E-state index is 0.384. The number of nitrogens with zero attached hydrogens (tertiary/aromatic N) is 2. The molecule has 0 saturated carbocycles. The van der Waals surface area contributed by atoms with E-state index in [9.17, 15) is 4.79 Å². The molecule has 0 fully saturated rings. The molecule has 0 atom stereocenters. The van der Waals surface area contributed by atoms with Crippen molar-refractivity contribution in [2.45, 2.75) is 13.8 Å². The lowest BCUT2D eigenvalue weighted by atomic mass is 10.2. The van der Waals surface area contributed by atoms with Crippen LogP contribution in [0.25, 0.3) is 0 Å². The number of hydrogen-bond acceptors (Lipinski definition) is 5. The molecule has 0 spiro atoms. The third-order valence-corrected chi connectivity index (χ3v) is 3.31. The quantitative estimate of drug-likeness (QED) is 0.597. The fourth-order valence-electron chi connectivity index (χ4n) is 1.54. The van der Waals surface area contributed by atoms with Gasteiger partial charge in [0.25, 0.3) is 0 Å². The molecule has 2 rings (SSSR count). The molecule has 0 saturated heterocycles. The molecule has 19 heavy (non-hydrogen) atoms. The van der Waals surface area contributed by atoms with Crippen molar-refractivity contribution in [3.05, 3.63) is 53.3 Å². The van der Waals surface area contributed by atoms with Crippen molar-refractivity contribution in [2.75, 3.05) is 0 Å². The van der Waals surface area contributed by atoms with Gasteiger partial charge in [-0.1, -0.05) is 18.2 Å². The highest BCUT2D eigenvalue weighted by atomic mass is 32.2. The largest absolute Gasteiger partial charge is 0.380 e. The smallest absolute Gasteiger partial charge is 0.350 e. The molecule has 4 nitrogen and oxygen atoms in total. The number of benzene rings is 1. The second-order valence-electron chi connectivity index (χ2n) is 3.92. The van der Waals surface area contributed by atoms with Gasteiger partial charge < -0.3 is 4.18 Å². The Hall–Kier alpha value is -1.66. The van der Waals surface area contributed by atoms with E-state index in [0.717, 1.165) is 23.4 Å². The van der Waals surface area contributed by atoms with Crippen molar-refractivity contribution in [3.63, 3.8) is 0 Å². The first-order valence-electron chi connectivity index (χ1n) is 5.59. The van der Waals surface area contributed by atoms with E-state index in [0.29, 0.717) is 9.88 Å². The van der Waals surface area contributed by atoms with Gasteiger partial charge in [-0.3, -0.25) is 0 Å². The van der Waals surface area contributed by atoms with Crippen LogP contribution in [0.1, 0.15) is 21.7 Å². The molecule has 6 heteroatoms. The molecular weight excluding hydrogens is 280 g/mol. The molecule has 0 aliphatic heterocycles. The Morgan fingerprint density at radius 1 is 1.32 bits per heavy atom. The van der Waals surface area contributed by atoms with Crippen molar-refractivity contribution in [2.24, 2.45) is 0 Å². The van der Waals surface area contributed by atoms with Crippen LogP contribution in [0.5, 0.6) is 0 Å². The zero-order chi connectivity index (χ0) is 13.8. The molecule has 0 radical (unpaired) electrons. The van der Waals surface area contributed by atoms with Gasteiger partial charge in [0.05, 0.1) is 11.3 Å². The summed E-state index contributed by atoms with van der Waals surface area (Å²) in [6, 6.07) is 10.7. The second kappa shape index (κ2) is 5.99. The molecule has 0 bridgehead atoms. The van der Waals surface area contributed by atoms with E-state index < -0.39 is 5.97 Å². The Morgan fingerprint density at radius 2 is 2.00 bits per heavy atom. The van der Waals surface area contributed by atoms with Gasteiger partial charge in [0, 0.05) is 5.69 Å². The maximum absolute atomic E-state index is 11.7. The summed E-state index contributed by atoms with van der Waals surface area (Å²) in [5.74, 6) is -0.422. The van der Waals surface area contributed by atoms with Gasteiger partial charge in [-0.15, -0.1) is 0 Å². The van der Waals surface area contributed by atoms with Gasteiger partial charge in [0.15, 0.2) is 0 Å². The topological polar surface area (TPSA) is 44.1 Å². The Balaban J connectivity index is 1.98. The first-order valence-corrected chi connectivity index (χ1v) is 6.74. The zero-order valence-electron chi connectivity index (χ0n) is 10.5. The van der Waals surface area contributed by atoms with Gasteiger partial charge in [0.1, 0.15) is 12.0 Å². The normalized spacial score (nSPS) is 10.2. The van der Waals surface area contributed by atoms with Crippen LogP contribution < -0.4 is 0 Å². The monoisotopic (exact) mass is 292 g/mol. The summed E-state index contributed by atoms with van der Waals surface area (Å²) in [6.07, 6.45) is 0. The van der Waals surface area contributed by atoms with Crippen LogP contribution in [-0.4, -0.2) is 20.1 Å². The summed E-state index contributed by atoms with van der Waals surface area (Å²) >= 11 is 6.02. The number of aromatic nitrogens is 2. The van der Waals surface area contributed by atoms with Crippen LogP contribution in [0, 0.1) is 13.8 Å². The van der Waals surface area contributed by atoms with Crippen molar-refractivity contribution in [1.82, 2.24) is 9.78 Å². The Bertz CT molecular complexity index is 608. The SMILES string of the molecule is Cc1cc(C)n(C(=S)SOC(=O)c2ccccc2)n1. The maximum atomic E-state index is 11.7. The molecule has 1 aromatic heterocycles. The van der Waals surface area contributed by atoms with Crippen LogP contribution >= 0.6 is 24.3 Å². The van der Waals surface area contributed by atoms with Gasteiger partial charge >= 0.3 is 5.97 Å². The summed E-state index contributed by atoms with van der Waals surface area (Å²) in [4.78, 5) is 11.7. The predicted octanol–water partition coefficient (Wildman–Crippen LogP) is 3.14. The van der Waals surface area contributed by atoms with Crippen molar-refractivity contribution in [3.8, 4) is 0 Å². The molecule has 0 unspecified atom stereocenters. The molecule has 0 amide bonds. The first kappa shape index (κ1) is 13.8. The van der Waals surface area contributed by atoms with Crippen molar-refractivity contribution >= 4 is 34.6 Å².